The zero-order valence-corrected chi connectivity index (χ0v) is 18.7. The van der Waals surface area contributed by atoms with Gasteiger partial charge in [0.15, 0.2) is 0 Å². The molecule has 4 nitrogen and oxygen atoms in total. The van der Waals surface area contributed by atoms with E-state index in [1.165, 1.54) is 0 Å². The van der Waals surface area contributed by atoms with Crippen molar-refractivity contribution in [1.82, 2.24) is 10.2 Å². The van der Waals surface area contributed by atoms with Crippen molar-refractivity contribution in [2.45, 2.75) is 6.04 Å². The third-order valence-electron chi connectivity index (χ3n) is 5.07. The molecule has 0 spiro atoms. The molecule has 6 heteroatoms. The molecule has 0 bridgehead atoms. The molecule has 0 saturated carbocycles. The number of carbonyl (C=O) groups is 2. The number of hydrogen-bond donors (Lipinski definition) is 1. The van der Waals surface area contributed by atoms with Crippen LogP contribution >= 0.6 is 27.7 Å². The first-order valence-electron chi connectivity index (χ1n) is 9.70. The van der Waals surface area contributed by atoms with Crippen molar-refractivity contribution < 1.29 is 9.59 Å². The molecule has 152 valence electrons. The summed E-state index contributed by atoms with van der Waals surface area (Å²) in [5.41, 5.74) is 3.24. The highest BCUT2D eigenvalue weighted by Crippen LogP contribution is 2.28. The van der Waals surface area contributed by atoms with Gasteiger partial charge in [0.2, 0.25) is 0 Å². The summed E-state index contributed by atoms with van der Waals surface area (Å²) >= 11 is 5.10. The van der Waals surface area contributed by atoms with Crippen molar-refractivity contribution in [2.75, 3.05) is 18.2 Å². The molecule has 3 aromatic rings. The minimum atomic E-state index is -0.134. The molecule has 0 aliphatic carbocycles. The molecule has 4 rings (SSSR count). The van der Waals surface area contributed by atoms with Gasteiger partial charge in [0.05, 0.1) is 11.9 Å². The third kappa shape index (κ3) is 4.60. The molecule has 30 heavy (non-hydrogen) atoms. The van der Waals surface area contributed by atoms with Crippen molar-refractivity contribution in [3.8, 4) is 11.1 Å². The maximum atomic E-state index is 13.4. The standard InChI is InChI=1S/C24H21BrN2O2S/c25-19-10-6-9-18(13-19)23(28)26-14-20-15-30-16-27(20)24(29)22-12-5-4-11-21(22)17-7-2-1-3-8-17/h1-13,20H,14-16H2,(H,26,28)/t20-/m1/s1. The van der Waals surface area contributed by atoms with E-state index in [2.05, 4.69) is 21.2 Å². The molecular formula is C24H21BrN2O2S. The quantitative estimate of drug-likeness (QED) is 0.554. The second kappa shape index (κ2) is 9.49. The molecule has 3 aromatic carbocycles. The lowest BCUT2D eigenvalue weighted by molar-refractivity contribution is 0.0737. The Morgan fingerprint density at radius 2 is 1.77 bits per heavy atom. The summed E-state index contributed by atoms with van der Waals surface area (Å²) in [5, 5.41) is 2.98. The third-order valence-corrected chi connectivity index (χ3v) is 6.64. The Morgan fingerprint density at radius 3 is 2.57 bits per heavy atom. The van der Waals surface area contributed by atoms with Crippen LogP contribution in [0.1, 0.15) is 20.7 Å². The fraction of sp³-hybridized carbons (Fsp3) is 0.167. The summed E-state index contributed by atoms with van der Waals surface area (Å²) in [4.78, 5) is 27.8. The average molecular weight is 481 g/mol. The predicted molar refractivity (Wildman–Crippen MR) is 126 cm³/mol. The fourth-order valence-electron chi connectivity index (χ4n) is 3.51. The van der Waals surface area contributed by atoms with Gasteiger partial charge in [0, 0.05) is 27.9 Å². The van der Waals surface area contributed by atoms with E-state index in [9.17, 15) is 9.59 Å². The van der Waals surface area contributed by atoms with Crippen LogP contribution < -0.4 is 5.32 Å². The minimum Gasteiger partial charge on any atom is -0.350 e. The van der Waals surface area contributed by atoms with Crippen LogP contribution in [0.25, 0.3) is 11.1 Å². The van der Waals surface area contributed by atoms with Gasteiger partial charge < -0.3 is 10.2 Å². The summed E-state index contributed by atoms with van der Waals surface area (Å²) in [5.74, 6) is 1.30. The van der Waals surface area contributed by atoms with E-state index in [1.54, 1.807) is 23.9 Å². The molecule has 2 amide bonds. The van der Waals surface area contributed by atoms with E-state index in [0.29, 0.717) is 23.5 Å². The summed E-state index contributed by atoms with van der Waals surface area (Å²) in [6, 6.07) is 24.9. The van der Waals surface area contributed by atoms with Crippen LogP contribution in [0.5, 0.6) is 0 Å². The maximum absolute atomic E-state index is 13.4. The molecule has 1 saturated heterocycles. The zero-order chi connectivity index (χ0) is 20.9. The lowest BCUT2D eigenvalue weighted by Crippen LogP contribution is -2.44. The Balaban J connectivity index is 1.49. The van der Waals surface area contributed by atoms with Crippen LogP contribution in [0.4, 0.5) is 0 Å². The number of hydrogen-bond acceptors (Lipinski definition) is 3. The smallest absolute Gasteiger partial charge is 0.255 e. The van der Waals surface area contributed by atoms with Gasteiger partial charge in [-0.15, -0.1) is 11.8 Å². The summed E-state index contributed by atoms with van der Waals surface area (Å²) in [7, 11) is 0. The van der Waals surface area contributed by atoms with E-state index in [4.69, 9.17) is 0 Å². The molecule has 0 aromatic heterocycles. The second-order valence-corrected chi connectivity index (χ2v) is 8.98. The number of nitrogens with zero attached hydrogens (tertiary/aromatic N) is 1. The first kappa shape index (κ1) is 20.7. The molecule has 1 aliphatic heterocycles. The second-order valence-electron chi connectivity index (χ2n) is 7.06. The monoisotopic (exact) mass is 480 g/mol. The van der Waals surface area contributed by atoms with Gasteiger partial charge in [-0.25, -0.2) is 0 Å². The first-order valence-corrected chi connectivity index (χ1v) is 11.6. The highest BCUT2D eigenvalue weighted by molar-refractivity contribution is 9.10. The number of thioether (sulfide) groups is 1. The Labute approximate surface area is 188 Å². The SMILES string of the molecule is O=C(NC[C@@H]1CSCN1C(=O)c1ccccc1-c1ccccc1)c1cccc(Br)c1. The van der Waals surface area contributed by atoms with E-state index in [-0.39, 0.29) is 17.9 Å². The van der Waals surface area contributed by atoms with Crippen LogP contribution in [-0.2, 0) is 0 Å². The predicted octanol–water partition coefficient (Wildman–Crippen LogP) is 5.06. The van der Waals surface area contributed by atoms with Crippen molar-refractivity contribution in [2.24, 2.45) is 0 Å². The van der Waals surface area contributed by atoms with Crippen LogP contribution in [-0.4, -0.2) is 40.9 Å². The van der Waals surface area contributed by atoms with Gasteiger partial charge in [0.25, 0.3) is 11.8 Å². The fourth-order valence-corrected chi connectivity index (χ4v) is 5.11. The van der Waals surface area contributed by atoms with Crippen molar-refractivity contribution in [1.29, 1.82) is 0 Å². The minimum absolute atomic E-state index is 0.00107. The maximum Gasteiger partial charge on any atom is 0.255 e. The van der Waals surface area contributed by atoms with Gasteiger partial charge in [-0.2, -0.15) is 0 Å². The zero-order valence-electron chi connectivity index (χ0n) is 16.3. The molecule has 1 atom stereocenters. The molecule has 1 heterocycles. The summed E-state index contributed by atoms with van der Waals surface area (Å²) < 4.78 is 0.862. The van der Waals surface area contributed by atoms with E-state index in [0.717, 1.165) is 21.4 Å². The van der Waals surface area contributed by atoms with Crippen molar-refractivity contribution in [3.05, 3.63) is 94.5 Å². The van der Waals surface area contributed by atoms with Gasteiger partial charge in [-0.3, -0.25) is 9.59 Å². The van der Waals surface area contributed by atoms with Gasteiger partial charge in [-0.05, 0) is 35.4 Å². The van der Waals surface area contributed by atoms with Crippen LogP contribution in [0.2, 0.25) is 0 Å². The summed E-state index contributed by atoms with van der Waals surface area (Å²) in [6.07, 6.45) is 0. The van der Waals surface area contributed by atoms with Gasteiger partial charge in [0.1, 0.15) is 0 Å². The van der Waals surface area contributed by atoms with Crippen molar-refractivity contribution >= 4 is 39.5 Å². The Hall–Kier alpha value is -2.57. The van der Waals surface area contributed by atoms with Gasteiger partial charge in [-0.1, -0.05) is 70.5 Å². The molecule has 1 fully saturated rings. The van der Waals surface area contributed by atoms with Gasteiger partial charge >= 0.3 is 0 Å². The van der Waals surface area contributed by atoms with E-state index >= 15 is 0 Å². The number of rotatable bonds is 5. The highest BCUT2D eigenvalue weighted by atomic mass is 79.9. The van der Waals surface area contributed by atoms with E-state index < -0.39 is 0 Å². The Morgan fingerprint density at radius 1 is 1.00 bits per heavy atom. The number of halogens is 1. The topological polar surface area (TPSA) is 49.4 Å². The van der Waals surface area contributed by atoms with Crippen LogP contribution in [0, 0.1) is 0 Å². The molecule has 0 unspecified atom stereocenters. The molecule has 1 N–H and O–H groups in total. The van der Waals surface area contributed by atoms with Crippen LogP contribution in [0.3, 0.4) is 0 Å². The Kier molecular flexibility index (Phi) is 6.55. The lowest BCUT2D eigenvalue weighted by atomic mass is 9.98. The molecular weight excluding hydrogens is 460 g/mol. The number of benzene rings is 3. The van der Waals surface area contributed by atoms with E-state index in [1.807, 2.05) is 71.6 Å². The lowest BCUT2D eigenvalue weighted by Gasteiger charge is -2.25. The normalized spacial score (nSPS) is 15.8. The van der Waals surface area contributed by atoms with Crippen LogP contribution in [0.15, 0.2) is 83.3 Å². The Bertz CT molecular complexity index is 1060. The first-order chi connectivity index (χ1) is 14.6. The van der Waals surface area contributed by atoms with Crippen molar-refractivity contribution in [3.63, 3.8) is 0 Å². The molecule has 0 radical (unpaired) electrons. The summed E-state index contributed by atoms with van der Waals surface area (Å²) in [6.45, 7) is 0.428. The average Bonchev–Trinajstić information content (AvgIpc) is 3.26. The molecule has 1 aliphatic rings. The number of amides is 2. The largest absolute Gasteiger partial charge is 0.350 e. The highest BCUT2D eigenvalue weighted by Gasteiger charge is 2.31. The number of nitrogens with one attached hydrogen (secondary N) is 1. The number of carbonyl (C=O) groups excluding carboxylic acids is 2.